The average molecular weight is 389 g/mol. The van der Waals surface area contributed by atoms with E-state index in [1.807, 2.05) is 30.3 Å². The van der Waals surface area contributed by atoms with E-state index in [4.69, 9.17) is 0 Å². The van der Waals surface area contributed by atoms with Gasteiger partial charge in [-0.3, -0.25) is 4.98 Å². The third-order valence-electron chi connectivity index (χ3n) is 3.57. The molecular formula is C18H15BrClN3. The predicted molar refractivity (Wildman–Crippen MR) is 101 cm³/mol. The first-order valence-electron chi connectivity index (χ1n) is 7.05. The van der Waals surface area contributed by atoms with Crippen LogP contribution in [0.15, 0.2) is 53.1 Å². The molecule has 1 heterocycles. The lowest BCUT2D eigenvalue weighted by Gasteiger charge is -2.12. The summed E-state index contributed by atoms with van der Waals surface area (Å²) >= 11 is 3.43. The lowest BCUT2D eigenvalue weighted by Crippen LogP contribution is -1.97. The van der Waals surface area contributed by atoms with Gasteiger partial charge in [0.1, 0.15) is 6.07 Å². The number of hydrogen-bond acceptors (Lipinski definition) is 3. The first kappa shape index (κ1) is 17.3. The molecule has 0 aliphatic heterocycles. The third-order valence-corrected chi connectivity index (χ3v) is 4.10. The molecule has 1 N–H and O–H groups in total. The molecule has 0 bridgehead atoms. The number of halogens is 2. The maximum absolute atomic E-state index is 9.39. The van der Waals surface area contributed by atoms with Crippen LogP contribution in [0.4, 0.5) is 11.4 Å². The number of hydrogen-bond donors (Lipinski definition) is 1. The van der Waals surface area contributed by atoms with Gasteiger partial charge < -0.3 is 5.32 Å². The second-order valence-corrected chi connectivity index (χ2v) is 5.91. The summed E-state index contributed by atoms with van der Waals surface area (Å²) in [6.45, 7) is 2.12. The molecule has 1 aromatic heterocycles. The fourth-order valence-electron chi connectivity index (χ4n) is 2.36. The molecule has 23 heavy (non-hydrogen) atoms. The lowest BCUT2D eigenvalue weighted by atomic mass is 10.1. The fourth-order valence-corrected chi connectivity index (χ4v) is 2.62. The highest BCUT2D eigenvalue weighted by Crippen LogP contribution is 2.30. The Balaban J connectivity index is 0.00000192. The van der Waals surface area contributed by atoms with E-state index in [0.717, 1.165) is 33.2 Å². The highest BCUT2D eigenvalue weighted by Gasteiger charge is 2.10. The summed E-state index contributed by atoms with van der Waals surface area (Å²) in [7, 11) is 0. The molecule has 0 atom stereocenters. The van der Waals surface area contributed by atoms with Gasteiger partial charge in [0, 0.05) is 21.7 Å². The SMILES string of the molecule is CCc1ccc2ncc(C#N)c(Nc3ccc(Br)cc3)c2c1.Cl. The first-order chi connectivity index (χ1) is 10.7. The predicted octanol–water partition coefficient (Wildman–Crippen LogP) is 5.60. The van der Waals surface area contributed by atoms with Gasteiger partial charge in [-0.15, -0.1) is 12.4 Å². The Morgan fingerprint density at radius 1 is 1.17 bits per heavy atom. The van der Waals surface area contributed by atoms with Crippen LogP contribution in [0.1, 0.15) is 18.1 Å². The molecule has 0 aliphatic rings. The minimum Gasteiger partial charge on any atom is -0.354 e. The van der Waals surface area contributed by atoms with Gasteiger partial charge in [0.25, 0.3) is 0 Å². The normalized spacial score (nSPS) is 9.96. The number of aromatic nitrogens is 1. The fraction of sp³-hybridized carbons (Fsp3) is 0.111. The summed E-state index contributed by atoms with van der Waals surface area (Å²) in [5.41, 5.74) is 4.40. The number of aryl methyl sites for hydroxylation is 1. The highest BCUT2D eigenvalue weighted by molar-refractivity contribution is 9.10. The van der Waals surface area contributed by atoms with Crippen molar-refractivity contribution in [3.63, 3.8) is 0 Å². The van der Waals surface area contributed by atoms with Gasteiger partial charge in [-0.05, 0) is 48.4 Å². The lowest BCUT2D eigenvalue weighted by molar-refractivity contribution is 1.14. The summed E-state index contributed by atoms with van der Waals surface area (Å²) < 4.78 is 1.02. The number of anilines is 2. The largest absolute Gasteiger partial charge is 0.354 e. The van der Waals surface area contributed by atoms with Crippen molar-refractivity contribution >= 4 is 50.6 Å². The van der Waals surface area contributed by atoms with Crippen molar-refractivity contribution in [3.05, 3.63) is 64.3 Å². The van der Waals surface area contributed by atoms with E-state index in [2.05, 4.69) is 51.4 Å². The molecule has 0 spiro atoms. The standard InChI is InChI=1S/C18H14BrN3.ClH/c1-2-12-3-8-17-16(9-12)18(13(10-20)11-21-17)22-15-6-4-14(19)5-7-15;/h3-9,11H,2H2,1H3,(H,21,22);1H. The molecule has 0 saturated carbocycles. The third kappa shape index (κ3) is 3.64. The van der Waals surface area contributed by atoms with Crippen LogP contribution in [0.3, 0.4) is 0 Å². The Kier molecular flexibility index (Phi) is 5.59. The van der Waals surface area contributed by atoms with Crippen molar-refractivity contribution in [1.29, 1.82) is 5.26 Å². The zero-order valence-corrected chi connectivity index (χ0v) is 14.9. The Morgan fingerprint density at radius 3 is 2.57 bits per heavy atom. The van der Waals surface area contributed by atoms with E-state index in [1.54, 1.807) is 6.20 Å². The molecule has 3 nitrogen and oxygen atoms in total. The molecule has 2 aromatic carbocycles. The molecular weight excluding hydrogens is 374 g/mol. The van der Waals surface area contributed by atoms with Crippen LogP contribution in [0.5, 0.6) is 0 Å². The Bertz CT molecular complexity index is 870. The van der Waals surface area contributed by atoms with Crippen molar-refractivity contribution in [3.8, 4) is 6.07 Å². The minimum absolute atomic E-state index is 0. The van der Waals surface area contributed by atoms with Crippen LogP contribution in [-0.2, 0) is 6.42 Å². The maximum atomic E-state index is 9.39. The average Bonchev–Trinajstić information content (AvgIpc) is 2.56. The van der Waals surface area contributed by atoms with Crippen molar-refractivity contribution < 1.29 is 0 Å². The summed E-state index contributed by atoms with van der Waals surface area (Å²) in [6.07, 6.45) is 2.57. The maximum Gasteiger partial charge on any atom is 0.103 e. The number of pyridine rings is 1. The monoisotopic (exact) mass is 387 g/mol. The van der Waals surface area contributed by atoms with Gasteiger partial charge in [0.2, 0.25) is 0 Å². The van der Waals surface area contributed by atoms with Crippen LogP contribution in [0.25, 0.3) is 10.9 Å². The topological polar surface area (TPSA) is 48.7 Å². The van der Waals surface area contributed by atoms with Crippen LogP contribution < -0.4 is 5.32 Å². The molecule has 0 unspecified atom stereocenters. The molecule has 0 saturated heterocycles. The summed E-state index contributed by atoms with van der Waals surface area (Å²) in [5, 5.41) is 13.7. The summed E-state index contributed by atoms with van der Waals surface area (Å²) in [5.74, 6) is 0. The van der Waals surface area contributed by atoms with E-state index in [0.29, 0.717) is 5.56 Å². The molecule has 3 rings (SSSR count). The Morgan fingerprint density at radius 2 is 1.91 bits per heavy atom. The summed E-state index contributed by atoms with van der Waals surface area (Å²) in [6, 6.07) is 16.3. The van der Waals surface area contributed by atoms with Gasteiger partial charge in [-0.1, -0.05) is 28.9 Å². The molecule has 116 valence electrons. The molecule has 0 aliphatic carbocycles. The number of nitrogens with one attached hydrogen (secondary N) is 1. The van der Waals surface area contributed by atoms with Gasteiger partial charge in [-0.25, -0.2) is 0 Å². The molecule has 0 amide bonds. The smallest absolute Gasteiger partial charge is 0.103 e. The van der Waals surface area contributed by atoms with Crippen LogP contribution >= 0.6 is 28.3 Å². The zero-order chi connectivity index (χ0) is 15.5. The van der Waals surface area contributed by atoms with E-state index in [-0.39, 0.29) is 12.4 Å². The second kappa shape index (κ2) is 7.45. The number of rotatable bonds is 3. The number of nitrogens with zero attached hydrogens (tertiary/aromatic N) is 2. The van der Waals surface area contributed by atoms with Gasteiger partial charge in [0.05, 0.1) is 16.8 Å². The highest BCUT2D eigenvalue weighted by atomic mass is 79.9. The van der Waals surface area contributed by atoms with Gasteiger partial charge >= 0.3 is 0 Å². The molecule has 0 radical (unpaired) electrons. The summed E-state index contributed by atoms with van der Waals surface area (Å²) in [4.78, 5) is 4.37. The minimum atomic E-state index is 0. The van der Waals surface area contributed by atoms with Crippen molar-refractivity contribution in [2.24, 2.45) is 0 Å². The first-order valence-corrected chi connectivity index (χ1v) is 7.85. The molecule has 0 fully saturated rings. The van der Waals surface area contributed by atoms with Gasteiger partial charge in [-0.2, -0.15) is 5.26 Å². The van der Waals surface area contributed by atoms with Crippen LogP contribution in [-0.4, -0.2) is 4.98 Å². The zero-order valence-electron chi connectivity index (χ0n) is 12.5. The number of benzene rings is 2. The van der Waals surface area contributed by atoms with Crippen LogP contribution in [0.2, 0.25) is 0 Å². The van der Waals surface area contributed by atoms with Crippen molar-refractivity contribution in [2.45, 2.75) is 13.3 Å². The quantitative estimate of drug-likeness (QED) is 0.635. The number of nitriles is 1. The van der Waals surface area contributed by atoms with E-state index >= 15 is 0 Å². The number of fused-ring (bicyclic) bond motifs is 1. The molecule has 3 aromatic rings. The Labute approximate surface area is 149 Å². The Hall–Kier alpha value is -2.09. The van der Waals surface area contributed by atoms with Gasteiger partial charge in [0.15, 0.2) is 0 Å². The van der Waals surface area contributed by atoms with E-state index in [9.17, 15) is 5.26 Å². The second-order valence-electron chi connectivity index (χ2n) is 5.00. The van der Waals surface area contributed by atoms with Crippen molar-refractivity contribution in [1.82, 2.24) is 4.98 Å². The van der Waals surface area contributed by atoms with E-state index in [1.165, 1.54) is 5.56 Å². The molecule has 5 heteroatoms. The van der Waals surface area contributed by atoms with Crippen molar-refractivity contribution in [2.75, 3.05) is 5.32 Å². The van der Waals surface area contributed by atoms with E-state index < -0.39 is 0 Å². The van der Waals surface area contributed by atoms with Crippen LogP contribution in [0, 0.1) is 11.3 Å².